The van der Waals surface area contributed by atoms with Crippen LogP contribution < -0.4 is 0 Å². The van der Waals surface area contributed by atoms with Crippen LogP contribution in [-0.2, 0) is 0 Å². The first-order valence-corrected chi connectivity index (χ1v) is 6.83. The van der Waals surface area contributed by atoms with Crippen LogP contribution in [0, 0.1) is 0 Å². The molecule has 3 heteroatoms. The number of amidine groups is 1. The van der Waals surface area contributed by atoms with Gasteiger partial charge >= 0.3 is 0 Å². The van der Waals surface area contributed by atoms with Gasteiger partial charge in [0.1, 0.15) is 0 Å². The largest absolute Gasteiger partial charge is 0.360 e. The average Bonchev–Trinajstić information content (AvgIpc) is 1.79. The van der Waals surface area contributed by atoms with Crippen molar-refractivity contribution in [3.05, 3.63) is 0 Å². The van der Waals surface area contributed by atoms with Gasteiger partial charge in [-0.2, -0.15) is 0 Å². The van der Waals surface area contributed by atoms with Crippen LogP contribution in [-0.4, -0.2) is 38.2 Å². The van der Waals surface area contributed by atoms with E-state index in [9.17, 15) is 0 Å². The highest BCUT2D eigenvalue weighted by atomic mass is 28.1. The predicted octanol–water partition coefficient (Wildman–Crippen LogP) is 1.63. The lowest BCUT2D eigenvalue weighted by Gasteiger charge is -2.37. The van der Waals surface area contributed by atoms with Crippen LogP contribution in [0.2, 0.25) is 0 Å². The minimum atomic E-state index is 0.0321. The average molecular weight is 214 g/mol. The second kappa shape index (κ2) is 4.47. The molecule has 0 spiro atoms. The molecule has 0 aromatic rings. The maximum Gasteiger partial charge on any atom is 0.0965 e. The van der Waals surface area contributed by atoms with Crippen molar-refractivity contribution in [2.24, 2.45) is 4.99 Å². The summed E-state index contributed by atoms with van der Waals surface area (Å²) in [4.78, 5) is 7.11. The Labute approximate surface area is 92.2 Å². The van der Waals surface area contributed by atoms with Crippen LogP contribution >= 0.6 is 0 Å². The third-order valence-corrected chi connectivity index (χ3v) is 2.65. The minimum absolute atomic E-state index is 0.0321. The Kier molecular flexibility index (Phi) is 4.37. The van der Waals surface area contributed by atoms with E-state index in [0.717, 1.165) is 6.17 Å². The van der Waals surface area contributed by atoms with Gasteiger partial charge < -0.3 is 4.90 Å². The molecule has 0 fully saturated rings. The van der Waals surface area contributed by atoms with Gasteiger partial charge in [-0.1, -0.05) is 0 Å². The van der Waals surface area contributed by atoms with Gasteiger partial charge in [0, 0.05) is 21.9 Å². The van der Waals surface area contributed by atoms with Gasteiger partial charge in [0.2, 0.25) is 0 Å². The first-order valence-electron chi connectivity index (χ1n) is 5.42. The van der Waals surface area contributed by atoms with Crippen molar-refractivity contribution >= 4 is 16.1 Å². The van der Waals surface area contributed by atoms with Crippen molar-refractivity contribution in [3.8, 4) is 0 Å². The Hall–Kier alpha value is -0.313. The molecule has 0 unspecified atom stereocenters. The molecule has 0 saturated heterocycles. The zero-order chi connectivity index (χ0) is 11.6. The topological polar surface area (TPSA) is 15.6 Å². The Balaban J connectivity index is 4.81. The summed E-state index contributed by atoms with van der Waals surface area (Å²) in [7, 11) is 1.19. The SMILES string of the molecule is C/C(=N\C(C)(C)C)N(C[SiH3])C(C)(C)C. The van der Waals surface area contributed by atoms with E-state index in [1.165, 1.54) is 16.1 Å². The molecule has 0 saturated carbocycles. The molecule has 0 aliphatic heterocycles. The monoisotopic (exact) mass is 214 g/mol. The zero-order valence-corrected chi connectivity index (χ0v) is 13.1. The number of hydrogen-bond donors (Lipinski definition) is 0. The molecular weight excluding hydrogens is 188 g/mol. The molecule has 0 rings (SSSR count). The molecule has 0 amide bonds. The quantitative estimate of drug-likeness (QED) is 0.368. The molecule has 0 aliphatic carbocycles. The van der Waals surface area contributed by atoms with Crippen LogP contribution in [0.4, 0.5) is 0 Å². The lowest BCUT2D eigenvalue weighted by molar-refractivity contribution is 0.265. The second-order valence-corrected chi connectivity index (χ2v) is 6.38. The molecule has 2 nitrogen and oxygen atoms in total. The van der Waals surface area contributed by atoms with E-state index in [4.69, 9.17) is 4.99 Å². The van der Waals surface area contributed by atoms with E-state index in [-0.39, 0.29) is 11.1 Å². The number of nitrogens with zero attached hydrogens (tertiary/aromatic N) is 2. The summed E-state index contributed by atoms with van der Waals surface area (Å²) < 4.78 is 0. The van der Waals surface area contributed by atoms with Crippen molar-refractivity contribution in [1.82, 2.24) is 4.90 Å². The number of aliphatic imine (C=N–C) groups is 1. The lowest BCUT2D eigenvalue weighted by Crippen LogP contribution is -2.46. The minimum Gasteiger partial charge on any atom is -0.360 e. The summed E-state index contributed by atoms with van der Waals surface area (Å²) in [5.74, 6) is 1.17. The standard InChI is InChI=1S/C11H26N2Si/c1-9(12-10(2,3)4)13(8-14)11(5,6)7/h8H2,1-7,14H3/b12-9+. The molecular formula is C11H26N2Si. The smallest absolute Gasteiger partial charge is 0.0965 e. The fourth-order valence-corrected chi connectivity index (χ4v) is 3.14. The molecule has 0 aliphatic rings. The first-order chi connectivity index (χ1) is 6.08. The molecule has 0 radical (unpaired) electrons. The molecule has 0 N–H and O–H groups in total. The van der Waals surface area contributed by atoms with Gasteiger partial charge in [-0.25, -0.2) is 0 Å². The highest BCUT2D eigenvalue weighted by Crippen LogP contribution is 2.15. The van der Waals surface area contributed by atoms with Crippen LogP contribution in [0.3, 0.4) is 0 Å². The summed E-state index contributed by atoms with van der Waals surface area (Å²) in [6.45, 7) is 15.3. The normalized spacial score (nSPS) is 14.6. The maximum absolute atomic E-state index is 4.71. The third-order valence-electron chi connectivity index (χ3n) is 2.01. The van der Waals surface area contributed by atoms with E-state index < -0.39 is 0 Å². The van der Waals surface area contributed by atoms with E-state index in [2.05, 4.69) is 53.4 Å². The van der Waals surface area contributed by atoms with Crippen LogP contribution in [0.15, 0.2) is 4.99 Å². The van der Waals surface area contributed by atoms with E-state index in [1.807, 2.05) is 0 Å². The summed E-state index contributed by atoms with van der Waals surface area (Å²) in [6, 6.07) is 0. The molecule has 0 heterocycles. The number of rotatable bonds is 1. The highest BCUT2D eigenvalue weighted by Gasteiger charge is 2.21. The Morgan fingerprint density at radius 3 is 1.79 bits per heavy atom. The van der Waals surface area contributed by atoms with Gasteiger partial charge in [0.15, 0.2) is 0 Å². The van der Waals surface area contributed by atoms with Crippen LogP contribution in [0.25, 0.3) is 0 Å². The van der Waals surface area contributed by atoms with Gasteiger partial charge in [0.05, 0.1) is 11.4 Å². The van der Waals surface area contributed by atoms with E-state index >= 15 is 0 Å². The molecule has 0 atom stereocenters. The van der Waals surface area contributed by atoms with Gasteiger partial charge in [0.25, 0.3) is 0 Å². The van der Waals surface area contributed by atoms with Gasteiger partial charge in [-0.15, -0.1) is 0 Å². The zero-order valence-electron chi connectivity index (χ0n) is 11.1. The summed E-state index contributed by atoms with van der Waals surface area (Å²) in [5, 5.41) is 0. The fraction of sp³-hybridized carbons (Fsp3) is 0.909. The number of hydrogen-bond acceptors (Lipinski definition) is 1. The molecule has 0 bridgehead atoms. The van der Waals surface area contributed by atoms with Gasteiger partial charge in [-0.05, 0) is 48.5 Å². The van der Waals surface area contributed by atoms with Crippen LogP contribution in [0.5, 0.6) is 0 Å². The fourth-order valence-electron chi connectivity index (χ4n) is 1.73. The van der Waals surface area contributed by atoms with Gasteiger partial charge in [-0.3, -0.25) is 4.99 Å². The van der Waals surface area contributed by atoms with Crippen molar-refractivity contribution < 1.29 is 0 Å². The summed E-state index contributed by atoms with van der Waals surface area (Å²) in [6.07, 6.45) is 1.15. The lowest BCUT2D eigenvalue weighted by atomic mass is 10.1. The van der Waals surface area contributed by atoms with Crippen molar-refractivity contribution in [3.63, 3.8) is 0 Å². The van der Waals surface area contributed by atoms with Crippen molar-refractivity contribution in [2.45, 2.75) is 59.5 Å². The Morgan fingerprint density at radius 1 is 1.14 bits per heavy atom. The Bertz CT molecular complexity index is 208. The Morgan fingerprint density at radius 2 is 1.57 bits per heavy atom. The maximum atomic E-state index is 4.71. The third kappa shape index (κ3) is 4.79. The molecule has 14 heavy (non-hydrogen) atoms. The summed E-state index contributed by atoms with van der Waals surface area (Å²) in [5.41, 5.74) is 0.227. The second-order valence-electron chi connectivity index (χ2n) is 5.74. The van der Waals surface area contributed by atoms with E-state index in [0.29, 0.717) is 0 Å². The first kappa shape index (κ1) is 13.7. The molecule has 0 aromatic carbocycles. The van der Waals surface area contributed by atoms with Crippen molar-refractivity contribution in [1.29, 1.82) is 0 Å². The van der Waals surface area contributed by atoms with Crippen molar-refractivity contribution in [2.75, 3.05) is 6.17 Å². The molecule has 0 aromatic heterocycles. The van der Waals surface area contributed by atoms with Crippen LogP contribution in [0.1, 0.15) is 48.5 Å². The predicted molar refractivity (Wildman–Crippen MR) is 69.3 cm³/mol. The molecule has 84 valence electrons. The summed E-state index contributed by atoms with van der Waals surface area (Å²) >= 11 is 0. The van der Waals surface area contributed by atoms with E-state index in [1.54, 1.807) is 0 Å². The highest BCUT2D eigenvalue weighted by molar-refractivity contribution is 6.10.